The summed E-state index contributed by atoms with van der Waals surface area (Å²) in [4.78, 5) is 13.6. The Morgan fingerprint density at radius 3 is 2.50 bits per heavy atom. The molecule has 0 aliphatic heterocycles. The quantitative estimate of drug-likeness (QED) is 0.204. The van der Waals surface area contributed by atoms with E-state index in [1.165, 1.54) is 4.90 Å². The number of hydrogen-bond donors (Lipinski definition) is 0. The first kappa shape index (κ1) is 23.5. The Hall–Kier alpha value is -2.79. The number of rotatable bonds is 9. The molecular formula is C24H25IN2O3. The zero-order chi connectivity index (χ0) is 22.1. The average molecular weight is 516 g/mol. The van der Waals surface area contributed by atoms with Crippen LogP contribution >= 0.6 is 22.6 Å². The molecule has 0 aliphatic carbocycles. The van der Waals surface area contributed by atoms with Gasteiger partial charge in [-0.15, -0.1) is 6.58 Å². The molecule has 5 nitrogen and oxygen atoms in total. The number of carbonyl (C=O) groups is 1. The van der Waals surface area contributed by atoms with Gasteiger partial charge in [0.2, 0.25) is 0 Å². The van der Waals surface area contributed by atoms with E-state index in [-0.39, 0.29) is 11.5 Å². The number of benzene rings is 2. The Balaban J connectivity index is 2.45. The smallest absolute Gasteiger partial charge is 0.264 e. The topological polar surface area (TPSA) is 62.6 Å². The number of hydrogen-bond acceptors (Lipinski definition) is 4. The normalized spacial score (nSPS) is 10.8. The summed E-state index contributed by atoms with van der Waals surface area (Å²) < 4.78 is 13.1. The molecule has 0 bridgehead atoms. The van der Waals surface area contributed by atoms with Gasteiger partial charge in [-0.3, -0.25) is 4.79 Å². The van der Waals surface area contributed by atoms with E-state index in [1.807, 2.05) is 43.3 Å². The molecule has 0 spiro atoms. The van der Waals surface area contributed by atoms with Crippen molar-refractivity contribution < 1.29 is 14.3 Å². The minimum Gasteiger partial charge on any atom is -0.490 e. The third-order valence-electron chi connectivity index (χ3n) is 4.18. The van der Waals surface area contributed by atoms with Crippen molar-refractivity contribution >= 4 is 34.6 Å². The summed E-state index contributed by atoms with van der Waals surface area (Å²) in [7, 11) is 3.23. The van der Waals surface area contributed by atoms with Gasteiger partial charge in [0.05, 0.1) is 6.61 Å². The summed E-state index contributed by atoms with van der Waals surface area (Å²) in [6.07, 6.45) is 3.92. The highest BCUT2D eigenvalue weighted by atomic mass is 127. The molecule has 0 radical (unpaired) electrons. The Kier molecular flexibility index (Phi) is 8.93. The fraction of sp³-hybridized carbons (Fsp3) is 0.250. The molecule has 6 heteroatoms. The van der Waals surface area contributed by atoms with Gasteiger partial charge in [0.15, 0.2) is 11.5 Å². The zero-order valence-electron chi connectivity index (χ0n) is 17.4. The van der Waals surface area contributed by atoms with Crippen molar-refractivity contribution in [3.05, 3.63) is 74.9 Å². The number of carbonyl (C=O) groups excluding carboxylic acids is 1. The van der Waals surface area contributed by atoms with Gasteiger partial charge in [0, 0.05) is 23.2 Å². The van der Waals surface area contributed by atoms with Gasteiger partial charge in [-0.1, -0.05) is 18.2 Å². The monoisotopic (exact) mass is 516 g/mol. The van der Waals surface area contributed by atoms with Crippen LogP contribution in [0.4, 0.5) is 0 Å². The van der Waals surface area contributed by atoms with E-state index in [4.69, 9.17) is 9.47 Å². The Bertz CT molecular complexity index is 973. The Labute approximate surface area is 191 Å². The first-order chi connectivity index (χ1) is 14.4. The molecule has 0 unspecified atom stereocenters. The second kappa shape index (κ2) is 11.4. The molecule has 156 valence electrons. The lowest BCUT2D eigenvalue weighted by Crippen LogP contribution is -2.22. The minimum absolute atomic E-state index is 0.0551. The Morgan fingerprint density at radius 2 is 1.93 bits per heavy atom. The van der Waals surface area contributed by atoms with Crippen molar-refractivity contribution in [2.45, 2.75) is 20.0 Å². The number of halogens is 1. The van der Waals surface area contributed by atoms with Crippen LogP contribution < -0.4 is 9.47 Å². The van der Waals surface area contributed by atoms with Crippen molar-refractivity contribution in [2.24, 2.45) is 0 Å². The number of amides is 1. The number of ether oxygens (including phenoxy) is 2. The first-order valence-electron chi connectivity index (χ1n) is 9.50. The lowest BCUT2D eigenvalue weighted by molar-refractivity contribution is -0.124. The first-order valence-corrected chi connectivity index (χ1v) is 10.6. The molecule has 30 heavy (non-hydrogen) atoms. The van der Waals surface area contributed by atoms with E-state index >= 15 is 0 Å². The van der Waals surface area contributed by atoms with Crippen LogP contribution in [-0.2, 0) is 17.8 Å². The van der Waals surface area contributed by atoms with Crippen molar-refractivity contribution in [1.82, 2.24) is 4.90 Å². The summed E-state index contributed by atoms with van der Waals surface area (Å²) in [5, 5.41) is 9.40. The van der Waals surface area contributed by atoms with Crippen LogP contribution in [0, 0.1) is 14.9 Å². The van der Waals surface area contributed by atoms with E-state index in [0.29, 0.717) is 36.7 Å². The van der Waals surface area contributed by atoms with Crippen molar-refractivity contribution in [2.75, 3.05) is 20.7 Å². The van der Waals surface area contributed by atoms with Gasteiger partial charge in [-0.25, -0.2) is 0 Å². The average Bonchev–Trinajstić information content (AvgIpc) is 2.72. The summed E-state index contributed by atoms with van der Waals surface area (Å²) in [5.41, 5.74) is 2.68. The summed E-state index contributed by atoms with van der Waals surface area (Å²) in [6.45, 7) is 6.59. The SMILES string of the molecule is C=CCc1cc(/C=C(/C#N)C(=O)N(C)C)cc(OCC)c1OCc1ccc(I)cc1. The van der Waals surface area contributed by atoms with Crippen molar-refractivity contribution in [3.8, 4) is 17.6 Å². The second-order valence-corrected chi connectivity index (χ2v) is 7.96. The largest absolute Gasteiger partial charge is 0.490 e. The van der Waals surface area contributed by atoms with E-state index in [2.05, 4.69) is 29.2 Å². The highest BCUT2D eigenvalue weighted by molar-refractivity contribution is 14.1. The summed E-state index contributed by atoms with van der Waals surface area (Å²) in [5.74, 6) is 0.868. The van der Waals surface area contributed by atoms with Crippen LogP contribution in [0.25, 0.3) is 6.08 Å². The molecule has 2 rings (SSSR count). The fourth-order valence-corrected chi connectivity index (χ4v) is 3.15. The third kappa shape index (κ3) is 6.36. The minimum atomic E-state index is -0.347. The molecule has 2 aromatic rings. The number of allylic oxidation sites excluding steroid dienone is 1. The Morgan fingerprint density at radius 1 is 1.23 bits per heavy atom. The lowest BCUT2D eigenvalue weighted by Gasteiger charge is -2.17. The number of likely N-dealkylation sites (N-methyl/N-ethyl adjacent to an activating group) is 1. The maximum Gasteiger partial charge on any atom is 0.264 e. The predicted molar refractivity (Wildman–Crippen MR) is 127 cm³/mol. The fourth-order valence-electron chi connectivity index (χ4n) is 2.79. The van der Waals surface area contributed by atoms with E-state index in [9.17, 15) is 10.1 Å². The molecule has 2 aromatic carbocycles. The molecule has 0 saturated carbocycles. The molecule has 1 amide bonds. The van der Waals surface area contributed by atoms with Crippen LogP contribution in [0.3, 0.4) is 0 Å². The number of nitriles is 1. The van der Waals surface area contributed by atoms with Crippen molar-refractivity contribution in [1.29, 1.82) is 5.26 Å². The van der Waals surface area contributed by atoms with Crippen LogP contribution in [0.1, 0.15) is 23.6 Å². The van der Waals surface area contributed by atoms with Crippen LogP contribution in [0.15, 0.2) is 54.6 Å². The van der Waals surface area contributed by atoms with Gasteiger partial charge in [-0.2, -0.15) is 5.26 Å². The highest BCUT2D eigenvalue weighted by Crippen LogP contribution is 2.35. The standard InChI is InChI=1S/C24H25IN2O3/c1-5-7-19-12-18(13-20(15-26)24(28)27(3)4)14-22(29-6-2)23(19)30-16-17-8-10-21(25)11-9-17/h5,8-14H,1,6-7,16H2,2-4H3/b20-13-. The maximum absolute atomic E-state index is 12.2. The molecule has 0 atom stereocenters. The van der Waals surface area contributed by atoms with Crippen LogP contribution in [0.5, 0.6) is 11.5 Å². The van der Waals surface area contributed by atoms with Gasteiger partial charge in [0.25, 0.3) is 5.91 Å². The lowest BCUT2D eigenvalue weighted by atomic mass is 10.0. The molecule has 0 aromatic heterocycles. The summed E-state index contributed by atoms with van der Waals surface area (Å²) >= 11 is 2.27. The summed E-state index contributed by atoms with van der Waals surface area (Å²) in [6, 6.07) is 13.8. The van der Waals surface area contributed by atoms with Crippen LogP contribution in [0.2, 0.25) is 0 Å². The predicted octanol–water partition coefficient (Wildman–Crippen LogP) is 4.99. The molecule has 0 fully saturated rings. The molecular weight excluding hydrogens is 491 g/mol. The van der Waals surface area contributed by atoms with Gasteiger partial charge in [-0.05, 0) is 77.4 Å². The van der Waals surface area contributed by atoms with E-state index in [0.717, 1.165) is 14.7 Å². The van der Waals surface area contributed by atoms with E-state index in [1.54, 1.807) is 32.3 Å². The molecule has 0 saturated heterocycles. The van der Waals surface area contributed by atoms with Gasteiger partial charge >= 0.3 is 0 Å². The highest BCUT2D eigenvalue weighted by Gasteiger charge is 2.16. The third-order valence-corrected chi connectivity index (χ3v) is 4.90. The molecule has 0 heterocycles. The van der Waals surface area contributed by atoms with Gasteiger partial charge < -0.3 is 14.4 Å². The van der Waals surface area contributed by atoms with Gasteiger partial charge in [0.1, 0.15) is 18.2 Å². The zero-order valence-corrected chi connectivity index (χ0v) is 19.6. The number of nitrogens with zero attached hydrogens (tertiary/aromatic N) is 2. The van der Waals surface area contributed by atoms with Crippen molar-refractivity contribution in [3.63, 3.8) is 0 Å². The van der Waals surface area contributed by atoms with Crippen LogP contribution in [-0.4, -0.2) is 31.5 Å². The van der Waals surface area contributed by atoms with E-state index < -0.39 is 0 Å². The second-order valence-electron chi connectivity index (χ2n) is 6.72. The molecule has 0 aliphatic rings. The maximum atomic E-state index is 12.2. The molecule has 0 N–H and O–H groups in total.